The van der Waals surface area contributed by atoms with Gasteiger partial charge in [0.05, 0.1) is 16.5 Å². The molecule has 7 heteroatoms. The van der Waals surface area contributed by atoms with Crippen LogP contribution in [0, 0.1) is 0 Å². The van der Waals surface area contributed by atoms with Gasteiger partial charge >= 0.3 is 0 Å². The van der Waals surface area contributed by atoms with E-state index < -0.39 is 15.6 Å². The first-order valence-electron chi connectivity index (χ1n) is 6.74. The molecule has 2 atom stereocenters. The highest BCUT2D eigenvalue weighted by Crippen LogP contribution is 2.27. The number of ether oxygens (including phenoxy) is 1. The number of hydrogen-bond donors (Lipinski definition) is 2. The summed E-state index contributed by atoms with van der Waals surface area (Å²) in [7, 11) is 0.140. The van der Waals surface area contributed by atoms with E-state index in [2.05, 4.69) is 10.0 Å². The third-order valence-electron chi connectivity index (χ3n) is 4.01. The molecular formula is C13H23N3O3S. The Morgan fingerprint density at radius 1 is 1.55 bits per heavy atom. The molecule has 0 aliphatic carbocycles. The van der Waals surface area contributed by atoms with Crippen LogP contribution in [-0.4, -0.2) is 38.3 Å². The van der Waals surface area contributed by atoms with E-state index in [-0.39, 0.29) is 6.10 Å². The first kappa shape index (κ1) is 15.5. The Hall–Kier alpha value is -0.890. The third kappa shape index (κ3) is 2.90. The van der Waals surface area contributed by atoms with E-state index in [4.69, 9.17) is 4.74 Å². The zero-order valence-electron chi connectivity index (χ0n) is 12.4. The van der Waals surface area contributed by atoms with Crippen molar-refractivity contribution in [2.45, 2.75) is 43.4 Å². The van der Waals surface area contributed by atoms with Crippen LogP contribution >= 0.6 is 0 Å². The average molecular weight is 301 g/mol. The molecule has 1 aliphatic heterocycles. The second kappa shape index (κ2) is 5.48. The van der Waals surface area contributed by atoms with Gasteiger partial charge < -0.3 is 14.6 Å². The molecule has 0 amide bonds. The number of aromatic nitrogens is 1. The van der Waals surface area contributed by atoms with Gasteiger partial charge in [0.15, 0.2) is 0 Å². The van der Waals surface area contributed by atoms with Crippen molar-refractivity contribution in [3.63, 3.8) is 0 Å². The number of aryl methyl sites for hydroxylation is 1. The molecule has 1 fully saturated rings. The highest BCUT2D eigenvalue weighted by Gasteiger charge is 2.40. The average Bonchev–Trinajstić information content (AvgIpc) is 2.85. The predicted molar refractivity (Wildman–Crippen MR) is 76.9 cm³/mol. The monoisotopic (exact) mass is 301 g/mol. The molecule has 0 spiro atoms. The van der Waals surface area contributed by atoms with E-state index in [0.717, 1.165) is 5.69 Å². The van der Waals surface area contributed by atoms with Crippen molar-refractivity contribution in [3.05, 3.63) is 18.0 Å². The molecule has 0 bridgehead atoms. The highest BCUT2D eigenvalue weighted by atomic mass is 32.2. The first-order chi connectivity index (χ1) is 9.28. The molecule has 2 N–H and O–H groups in total. The minimum atomic E-state index is -3.53. The van der Waals surface area contributed by atoms with Crippen LogP contribution in [0.3, 0.4) is 0 Å². The van der Waals surface area contributed by atoms with Crippen molar-refractivity contribution >= 4 is 10.0 Å². The maximum absolute atomic E-state index is 12.5. The van der Waals surface area contributed by atoms with Crippen molar-refractivity contribution in [3.8, 4) is 0 Å². The van der Waals surface area contributed by atoms with Gasteiger partial charge in [-0.3, -0.25) is 0 Å². The van der Waals surface area contributed by atoms with Gasteiger partial charge in [0, 0.05) is 32.1 Å². The van der Waals surface area contributed by atoms with Crippen LogP contribution < -0.4 is 10.0 Å². The fraction of sp³-hybridized carbons (Fsp3) is 0.692. The molecule has 1 aromatic rings. The number of rotatable bonds is 5. The Morgan fingerprint density at radius 2 is 2.25 bits per heavy atom. The van der Waals surface area contributed by atoms with Gasteiger partial charge in [0.2, 0.25) is 10.0 Å². The van der Waals surface area contributed by atoms with E-state index >= 15 is 0 Å². The lowest BCUT2D eigenvalue weighted by Gasteiger charge is -2.28. The van der Waals surface area contributed by atoms with Gasteiger partial charge in [-0.15, -0.1) is 0 Å². The fourth-order valence-electron chi connectivity index (χ4n) is 2.42. The van der Waals surface area contributed by atoms with E-state index in [9.17, 15) is 8.42 Å². The Labute approximate surface area is 120 Å². The van der Waals surface area contributed by atoms with E-state index in [1.807, 2.05) is 32.5 Å². The molecule has 2 rings (SSSR count). The smallest absolute Gasteiger partial charge is 0.242 e. The maximum atomic E-state index is 12.5. The summed E-state index contributed by atoms with van der Waals surface area (Å²) in [6.45, 7) is 5.00. The van der Waals surface area contributed by atoms with Gasteiger partial charge in [-0.05, 0) is 33.4 Å². The van der Waals surface area contributed by atoms with Gasteiger partial charge in [-0.25, -0.2) is 13.1 Å². The topological polar surface area (TPSA) is 72.4 Å². The molecule has 114 valence electrons. The third-order valence-corrected chi connectivity index (χ3v) is 5.58. The van der Waals surface area contributed by atoms with Crippen LogP contribution in [0.4, 0.5) is 0 Å². The van der Waals surface area contributed by atoms with Crippen LogP contribution in [0.2, 0.25) is 0 Å². The minimum Gasteiger partial charge on any atom is -0.376 e. The summed E-state index contributed by atoms with van der Waals surface area (Å²) in [6, 6.07) is 1.70. The van der Waals surface area contributed by atoms with Gasteiger partial charge in [-0.1, -0.05) is 0 Å². The standard InChI is InChI=1S/C13H23N3O3S/c1-10-13(2,5-6-19-10)15-20(17,18)12-7-11(8-14-3)16(4)9-12/h7,9-10,14-15H,5-6,8H2,1-4H3. The second-order valence-electron chi connectivity index (χ2n) is 5.59. The lowest BCUT2D eigenvalue weighted by molar-refractivity contribution is 0.0957. The first-order valence-corrected chi connectivity index (χ1v) is 8.22. The van der Waals surface area contributed by atoms with E-state index in [0.29, 0.717) is 24.5 Å². The van der Waals surface area contributed by atoms with Crippen LogP contribution in [0.1, 0.15) is 26.0 Å². The van der Waals surface area contributed by atoms with Gasteiger partial charge in [0.1, 0.15) is 0 Å². The molecule has 20 heavy (non-hydrogen) atoms. The summed E-state index contributed by atoms with van der Waals surface area (Å²) >= 11 is 0. The summed E-state index contributed by atoms with van der Waals surface area (Å²) < 4.78 is 35.1. The quantitative estimate of drug-likeness (QED) is 0.835. The van der Waals surface area contributed by atoms with Crippen LogP contribution in [0.5, 0.6) is 0 Å². The molecular weight excluding hydrogens is 278 g/mol. The molecule has 1 aromatic heterocycles. The SMILES string of the molecule is CNCc1cc(S(=O)(=O)NC2(C)CCOC2C)cn1C. The Balaban J connectivity index is 2.24. The summed E-state index contributed by atoms with van der Waals surface area (Å²) in [5, 5.41) is 3.02. The summed E-state index contributed by atoms with van der Waals surface area (Å²) in [6.07, 6.45) is 2.19. The van der Waals surface area contributed by atoms with Crippen molar-refractivity contribution in [1.82, 2.24) is 14.6 Å². The summed E-state index contributed by atoms with van der Waals surface area (Å²) in [4.78, 5) is 0.297. The Bertz CT molecular complexity index is 582. The van der Waals surface area contributed by atoms with Gasteiger partial charge in [0.25, 0.3) is 0 Å². The second-order valence-corrected chi connectivity index (χ2v) is 7.28. The molecule has 2 heterocycles. The summed E-state index contributed by atoms with van der Waals surface area (Å²) in [5.74, 6) is 0. The zero-order valence-corrected chi connectivity index (χ0v) is 13.3. The van der Waals surface area contributed by atoms with Crippen molar-refractivity contribution in [1.29, 1.82) is 0 Å². The maximum Gasteiger partial charge on any atom is 0.242 e. The molecule has 0 radical (unpaired) electrons. The number of nitrogens with one attached hydrogen (secondary N) is 2. The number of sulfonamides is 1. The number of nitrogens with zero attached hydrogens (tertiary/aromatic N) is 1. The van der Waals surface area contributed by atoms with E-state index in [1.54, 1.807) is 12.3 Å². The lowest BCUT2D eigenvalue weighted by atomic mass is 9.97. The molecule has 1 saturated heterocycles. The molecule has 0 saturated carbocycles. The highest BCUT2D eigenvalue weighted by molar-refractivity contribution is 7.89. The van der Waals surface area contributed by atoms with Crippen LogP contribution in [-0.2, 0) is 28.4 Å². The zero-order chi connectivity index (χ0) is 15.0. The van der Waals surface area contributed by atoms with Crippen LogP contribution in [0.15, 0.2) is 17.2 Å². The van der Waals surface area contributed by atoms with E-state index in [1.165, 1.54) is 0 Å². The summed E-state index contributed by atoms with van der Waals surface area (Å²) in [5.41, 5.74) is 0.381. The number of hydrogen-bond acceptors (Lipinski definition) is 4. The van der Waals surface area contributed by atoms with Gasteiger partial charge in [-0.2, -0.15) is 0 Å². The fourth-order valence-corrected chi connectivity index (χ4v) is 4.00. The molecule has 2 unspecified atom stereocenters. The Morgan fingerprint density at radius 3 is 2.80 bits per heavy atom. The molecule has 0 aromatic carbocycles. The van der Waals surface area contributed by atoms with Crippen molar-refractivity contribution in [2.75, 3.05) is 13.7 Å². The Kier molecular flexibility index (Phi) is 4.24. The molecule has 1 aliphatic rings. The van der Waals surface area contributed by atoms with Crippen molar-refractivity contribution < 1.29 is 13.2 Å². The van der Waals surface area contributed by atoms with Crippen molar-refractivity contribution in [2.24, 2.45) is 7.05 Å². The predicted octanol–water partition coefficient (Wildman–Crippen LogP) is 0.590. The minimum absolute atomic E-state index is 0.127. The normalized spacial score (nSPS) is 27.1. The molecule has 6 nitrogen and oxygen atoms in total. The van der Waals surface area contributed by atoms with Crippen LogP contribution in [0.25, 0.3) is 0 Å². The largest absolute Gasteiger partial charge is 0.376 e. The lowest BCUT2D eigenvalue weighted by Crippen LogP contribution is -2.50.